The predicted octanol–water partition coefficient (Wildman–Crippen LogP) is 2.77. The number of anilines is 1. The van der Waals surface area contributed by atoms with Gasteiger partial charge in [-0.15, -0.1) is 0 Å². The Morgan fingerprint density at radius 1 is 1.11 bits per heavy atom. The van der Waals surface area contributed by atoms with Gasteiger partial charge < -0.3 is 10.5 Å². The second kappa shape index (κ2) is 3.88. The zero-order chi connectivity index (χ0) is 12.7. The number of esters is 1. The third kappa shape index (κ3) is 1.74. The molecule has 1 aliphatic rings. The minimum atomic E-state index is -0.297. The number of ether oxygens (including phenoxy) is 1. The van der Waals surface area contributed by atoms with E-state index in [0.29, 0.717) is 5.75 Å². The Morgan fingerprint density at radius 3 is 2.50 bits per heavy atom. The first-order chi connectivity index (χ1) is 8.63. The largest absolute Gasteiger partial charge is 0.427 e. The summed E-state index contributed by atoms with van der Waals surface area (Å²) in [5, 5.41) is 0. The minimum Gasteiger partial charge on any atom is -0.427 e. The Kier molecular flexibility index (Phi) is 2.33. The molecular weight excluding hydrogens is 226 g/mol. The van der Waals surface area contributed by atoms with Crippen molar-refractivity contribution in [2.45, 2.75) is 13.3 Å². The zero-order valence-corrected chi connectivity index (χ0v) is 10.1. The van der Waals surface area contributed by atoms with E-state index in [9.17, 15) is 4.79 Å². The maximum absolute atomic E-state index is 10.9. The first kappa shape index (κ1) is 10.8. The molecule has 2 N–H and O–H groups in total. The molecule has 3 heteroatoms. The van der Waals surface area contributed by atoms with Crippen molar-refractivity contribution in [2.24, 2.45) is 0 Å². The number of carbonyl (C=O) groups is 1. The van der Waals surface area contributed by atoms with Gasteiger partial charge in [-0.05, 0) is 52.9 Å². The van der Waals surface area contributed by atoms with Gasteiger partial charge in [-0.2, -0.15) is 0 Å². The second-order valence-electron chi connectivity index (χ2n) is 4.51. The van der Waals surface area contributed by atoms with Crippen LogP contribution in [0.25, 0.3) is 11.1 Å². The molecule has 2 aromatic rings. The zero-order valence-electron chi connectivity index (χ0n) is 10.1. The normalized spacial score (nSPS) is 11.8. The summed E-state index contributed by atoms with van der Waals surface area (Å²) < 4.78 is 5.10. The molecule has 0 heterocycles. The number of hydrogen-bond acceptors (Lipinski definition) is 3. The van der Waals surface area contributed by atoms with E-state index in [1.54, 1.807) is 0 Å². The van der Waals surface area contributed by atoms with Crippen molar-refractivity contribution in [3.8, 4) is 16.9 Å². The quantitative estimate of drug-likeness (QED) is 0.403. The van der Waals surface area contributed by atoms with Crippen LogP contribution in [0.1, 0.15) is 18.1 Å². The molecule has 0 radical (unpaired) electrons. The summed E-state index contributed by atoms with van der Waals surface area (Å²) in [6.07, 6.45) is 0.838. The van der Waals surface area contributed by atoms with E-state index in [-0.39, 0.29) is 5.97 Å². The van der Waals surface area contributed by atoms with E-state index >= 15 is 0 Å². The Bertz CT molecular complexity index is 647. The van der Waals surface area contributed by atoms with Gasteiger partial charge in [0.05, 0.1) is 0 Å². The molecule has 0 aliphatic heterocycles. The molecule has 0 aromatic heterocycles. The number of benzene rings is 2. The molecule has 18 heavy (non-hydrogen) atoms. The summed E-state index contributed by atoms with van der Waals surface area (Å²) >= 11 is 0. The summed E-state index contributed by atoms with van der Waals surface area (Å²) in [6.45, 7) is 1.41. The molecule has 0 spiro atoms. The lowest BCUT2D eigenvalue weighted by molar-refractivity contribution is -0.131. The van der Waals surface area contributed by atoms with Crippen LogP contribution < -0.4 is 10.5 Å². The topological polar surface area (TPSA) is 52.3 Å². The molecule has 0 bridgehead atoms. The van der Waals surface area contributed by atoms with Crippen molar-refractivity contribution in [2.75, 3.05) is 5.73 Å². The lowest BCUT2D eigenvalue weighted by Gasteiger charge is -2.04. The smallest absolute Gasteiger partial charge is 0.308 e. The monoisotopic (exact) mass is 239 g/mol. The second-order valence-corrected chi connectivity index (χ2v) is 4.51. The van der Waals surface area contributed by atoms with Crippen molar-refractivity contribution in [1.82, 2.24) is 0 Å². The fourth-order valence-electron chi connectivity index (χ4n) is 2.44. The summed E-state index contributed by atoms with van der Waals surface area (Å²) in [6, 6.07) is 11.7. The average molecular weight is 239 g/mol. The Labute approximate surface area is 105 Å². The van der Waals surface area contributed by atoms with E-state index in [1.165, 1.54) is 29.2 Å². The highest BCUT2D eigenvalue weighted by molar-refractivity contribution is 5.79. The fourth-order valence-corrected chi connectivity index (χ4v) is 2.44. The van der Waals surface area contributed by atoms with Crippen LogP contribution in [-0.2, 0) is 11.2 Å². The van der Waals surface area contributed by atoms with Crippen LogP contribution in [0.4, 0.5) is 5.69 Å². The predicted molar refractivity (Wildman–Crippen MR) is 70.4 cm³/mol. The lowest BCUT2D eigenvalue weighted by Crippen LogP contribution is -2.01. The van der Waals surface area contributed by atoms with Crippen LogP contribution in [0.5, 0.6) is 5.75 Å². The number of rotatable bonds is 1. The van der Waals surface area contributed by atoms with Crippen LogP contribution in [0.2, 0.25) is 0 Å². The van der Waals surface area contributed by atoms with Gasteiger partial charge in [-0.25, -0.2) is 0 Å². The lowest BCUT2D eigenvalue weighted by atomic mass is 10.1. The van der Waals surface area contributed by atoms with Gasteiger partial charge in [-0.3, -0.25) is 4.79 Å². The Morgan fingerprint density at radius 2 is 1.78 bits per heavy atom. The molecule has 90 valence electrons. The van der Waals surface area contributed by atoms with Gasteiger partial charge in [-0.1, -0.05) is 12.1 Å². The van der Waals surface area contributed by atoms with Crippen LogP contribution in [-0.4, -0.2) is 5.97 Å². The molecule has 0 amide bonds. The summed E-state index contributed by atoms with van der Waals surface area (Å²) in [7, 11) is 0. The first-order valence-corrected chi connectivity index (χ1v) is 5.83. The van der Waals surface area contributed by atoms with E-state index in [4.69, 9.17) is 10.5 Å². The summed E-state index contributed by atoms with van der Waals surface area (Å²) in [5.74, 6) is 0.303. The van der Waals surface area contributed by atoms with E-state index in [0.717, 1.165) is 12.1 Å². The van der Waals surface area contributed by atoms with Gasteiger partial charge in [0.25, 0.3) is 0 Å². The van der Waals surface area contributed by atoms with Gasteiger partial charge in [0.15, 0.2) is 0 Å². The fraction of sp³-hybridized carbons (Fsp3) is 0.133. The maximum atomic E-state index is 10.9. The van der Waals surface area contributed by atoms with Gasteiger partial charge in [0.2, 0.25) is 0 Å². The van der Waals surface area contributed by atoms with Gasteiger partial charge in [0, 0.05) is 12.6 Å². The molecule has 0 saturated carbocycles. The Hall–Kier alpha value is -2.29. The maximum Gasteiger partial charge on any atom is 0.308 e. The van der Waals surface area contributed by atoms with Crippen molar-refractivity contribution in [3.63, 3.8) is 0 Å². The highest BCUT2D eigenvalue weighted by atomic mass is 16.5. The molecule has 0 saturated heterocycles. The van der Waals surface area contributed by atoms with Crippen LogP contribution >= 0.6 is 0 Å². The molecule has 3 nitrogen and oxygen atoms in total. The van der Waals surface area contributed by atoms with Gasteiger partial charge in [0.1, 0.15) is 5.75 Å². The molecule has 3 rings (SSSR count). The molecule has 0 unspecified atom stereocenters. The molecule has 0 fully saturated rings. The Balaban J connectivity index is 2.03. The summed E-state index contributed by atoms with van der Waals surface area (Å²) in [4.78, 5) is 10.9. The van der Waals surface area contributed by atoms with Crippen LogP contribution in [0, 0.1) is 0 Å². The minimum absolute atomic E-state index is 0.297. The number of carbonyl (C=O) groups excluding carboxylic acids is 1. The first-order valence-electron chi connectivity index (χ1n) is 5.83. The van der Waals surface area contributed by atoms with E-state index in [1.807, 2.05) is 36.4 Å². The number of nitrogens with two attached hydrogens (primary N) is 1. The number of hydrogen-bond donors (Lipinski definition) is 1. The van der Waals surface area contributed by atoms with Crippen molar-refractivity contribution in [1.29, 1.82) is 0 Å². The van der Waals surface area contributed by atoms with E-state index in [2.05, 4.69) is 0 Å². The SMILES string of the molecule is CC(=O)Oc1ccc2c(c1)Cc1cc(N)ccc1-2. The molecule has 1 aliphatic carbocycles. The highest BCUT2D eigenvalue weighted by Gasteiger charge is 2.19. The van der Waals surface area contributed by atoms with Crippen molar-refractivity contribution >= 4 is 11.7 Å². The average Bonchev–Trinajstić information content (AvgIpc) is 2.64. The van der Waals surface area contributed by atoms with Gasteiger partial charge >= 0.3 is 5.97 Å². The standard InChI is InChI=1S/C15H13NO2/c1-9(17)18-13-3-5-15-11(8-13)6-10-7-12(16)2-4-14(10)15/h2-5,7-8H,6,16H2,1H3. The highest BCUT2D eigenvalue weighted by Crippen LogP contribution is 2.39. The van der Waals surface area contributed by atoms with Crippen LogP contribution in [0.15, 0.2) is 36.4 Å². The summed E-state index contributed by atoms with van der Waals surface area (Å²) in [5.41, 5.74) is 11.4. The molecular formula is C15H13NO2. The molecule has 0 atom stereocenters. The van der Waals surface area contributed by atoms with E-state index < -0.39 is 0 Å². The number of nitrogen functional groups attached to an aromatic ring is 1. The molecule has 2 aromatic carbocycles. The third-order valence-electron chi connectivity index (χ3n) is 3.14. The third-order valence-corrected chi connectivity index (χ3v) is 3.14. The number of fused-ring (bicyclic) bond motifs is 3. The van der Waals surface area contributed by atoms with Crippen molar-refractivity contribution < 1.29 is 9.53 Å². The van der Waals surface area contributed by atoms with Crippen molar-refractivity contribution in [3.05, 3.63) is 47.5 Å². The van der Waals surface area contributed by atoms with Crippen LogP contribution in [0.3, 0.4) is 0 Å².